The van der Waals surface area contributed by atoms with Crippen molar-refractivity contribution in [2.45, 2.75) is 6.04 Å². The maximum Gasteiger partial charge on any atom is 0.258 e. The van der Waals surface area contributed by atoms with Crippen LogP contribution in [0.2, 0.25) is 0 Å². The van der Waals surface area contributed by atoms with Crippen LogP contribution in [-0.2, 0) is 4.79 Å². The Labute approximate surface area is 146 Å². The predicted octanol–water partition coefficient (Wildman–Crippen LogP) is 4.11. The van der Waals surface area contributed by atoms with Gasteiger partial charge in [-0.15, -0.1) is 0 Å². The molecule has 0 saturated heterocycles. The highest BCUT2D eigenvalue weighted by atomic mass is 19.1. The van der Waals surface area contributed by atoms with Crippen molar-refractivity contribution in [3.63, 3.8) is 0 Å². The van der Waals surface area contributed by atoms with Gasteiger partial charge in [-0.25, -0.2) is 4.39 Å². The van der Waals surface area contributed by atoms with Gasteiger partial charge in [-0.2, -0.15) is 0 Å². The molecule has 3 nitrogen and oxygen atoms in total. The fraction of sp³-hybridized carbons (Fsp3) is 0.0952. The molecule has 126 valence electrons. The molecule has 0 fully saturated rings. The second-order valence-corrected chi connectivity index (χ2v) is 5.57. The summed E-state index contributed by atoms with van der Waals surface area (Å²) in [7, 11) is 0. The van der Waals surface area contributed by atoms with E-state index >= 15 is 0 Å². The standard InChI is InChI=1S/C21H18FNO2/c22-18-12-7-13-19(14-18)25-15-20(24)23-21(16-8-3-1-4-9-16)17-10-5-2-6-11-17/h1-14,21H,15H2,(H,23,24). The normalized spacial score (nSPS) is 10.5. The molecule has 0 atom stereocenters. The van der Waals surface area contributed by atoms with E-state index in [-0.39, 0.29) is 18.6 Å². The number of hydrogen-bond acceptors (Lipinski definition) is 2. The molecule has 0 radical (unpaired) electrons. The Morgan fingerprint density at radius 1 is 0.880 bits per heavy atom. The van der Waals surface area contributed by atoms with Gasteiger partial charge in [-0.05, 0) is 23.3 Å². The van der Waals surface area contributed by atoms with Crippen LogP contribution in [0.5, 0.6) is 5.75 Å². The van der Waals surface area contributed by atoms with Gasteiger partial charge in [0.05, 0.1) is 6.04 Å². The van der Waals surface area contributed by atoms with Gasteiger partial charge in [0.2, 0.25) is 0 Å². The number of benzene rings is 3. The summed E-state index contributed by atoms with van der Waals surface area (Å²) >= 11 is 0. The van der Waals surface area contributed by atoms with Crippen LogP contribution in [0.25, 0.3) is 0 Å². The Morgan fingerprint density at radius 2 is 1.48 bits per heavy atom. The summed E-state index contributed by atoms with van der Waals surface area (Å²) in [6.07, 6.45) is 0. The SMILES string of the molecule is O=C(COc1cccc(F)c1)NC(c1ccccc1)c1ccccc1. The second kappa shape index (κ2) is 8.11. The van der Waals surface area contributed by atoms with Crippen molar-refractivity contribution in [2.24, 2.45) is 0 Å². The van der Waals surface area contributed by atoms with E-state index in [9.17, 15) is 9.18 Å². The minimum Gasteiger partial charge on any atom is -0.484 e. The lowest BCUT2D eigenvalue weighted by Crippen LogP contribution is -2.33. The first kappa shape index (κ1) is 16.7. The molecule has 1 N–H and O–H groups in total. The molecular formula is C21H18FNO2. The van der Waals surface area contributed by atoms with E-state index in [0.717, 1.165) is 11.1 Å². The van der Waals surface area contributed by atoms with Crippen molar-refractivity contribution in [2.75, 3.05) is 6.61 Å². The lowest BCUT2D eigenvalue weighted by Gasteiger charge is -2.20. The van der Waals surface area contributed by atoms with E-state index < -0.39 is 5.82 Å². The van der Waals surface area contributed by atoms with Crippen molar-refractivity contribution in [3.05, 3.63) is 102 Å². The van der Waals surface area contributed by atoms with Crippen LogP contribution >= 0.6 is 0 Å². The summed E-state index contributed by atoms with van der Waals surface area (Å²) in [6, 6.07) is 24.9. The Morgan fingerprint density at radius 3 is 2.04 bits per heavy atom. The molecule has 0 spiro atoms. The van der Waals surface area contributed by atoms with E-state index in [1.54, 1.807) is 12.1 Å². The van der Waals surface area contributed by atoms with Gasteiger partial charge in [0, 0.05) is 6.07 Å². The molecule has 0 aliphatic carbocycles. The van der Waals surface area contributed by atoms with E-state index in [0.29, 0.717) is 5.75 Å². The highest BCUT2D eigenvalue weighted by Gasteiger charge is 2.16. The average molecular weight is 335 g/mol. The Balaban J connectivity index is 1.71. The number of amides is 1. The van der Waals surface area contributed by atoms with Gasteiger partial charge in [-0.3, -0.25) is 4.79 Å². The van der Waals surface area contributed by atoms with Crippen LogP contribution in [0.1, 0.15) is 17.2 Å². The number of rotatable bonds is 6. The molecule has 3 rings (SSSR count). The molecule has 3 aromatic carbocycles. The van der Waals surface area contributed by atoms with Gasteiger partial charge in [0.15, 0.2) is 6.61 Å². The van der Waals surface area contributed by atoms with Gasteiger partial charge in [-0.1, -0.05) is 66.7 Å². The smallest absolute Gasteiger partial charge is 0.258 e. The molecule has 0 aliphatic heterocycles. The first-order valence-electron chi connectivity index (χ1n) is 8.00. The van der Waals surface area contributed by atoms with Crippen LogP contribution in [0, 0.1) is 5.82 Å². The molecule has 25 heavy (non-hydrogen) atoms. The quantitative estimate of drug-likeness (QED) is 0.736. The zero-order valence-corrected chi connectivity index (χ0v) is 13.6. The number of carbonyl (C=O) groups is 1. The van der Waals surface area contributed by atoms with E-state index in [1.165, 1.54) is 12.1 Å². The monoisotopic (exact) mass is 335 g/mol. The molecular weight excluding hydrogens is 317 g/mol. The molecule has 0 bridgehead atoms. The van der Waals surface area contributed by atoms with Gasteiger partial charge >= 0.3 is 0 Å². The lowest BCUT2D eigenvalue weighted by molar-refractivity contribution is -0.123. The largest absolute Gasteiger partial charge is 0.484 e. The zero-order chi connectivity index (χ0) is 17.5. The first-order chi connectivity index (χ1) is 12.2. The molecule has 3 aromatic rings. The summed E-state index contributed by atoms with van der Waals surface area (Å²) in [5.74, 6) is -0.350. The lowest BCUT2D eigenvalue weighted by atomic mass is 9.99. The van der Waals surface area contributed by atoms with Gasteiger partial charge in [0.25, 0.3) is 5.91 Å². The maximum absolute atomic E-state index is 13.2. The average Bonchev–Trinajstić information content (AvgIpc) is 2.66. The Hall–Kier alpha value is -3.14. The van der Waals surface area contributed by atoms with E-state index in [4.69, 9.17) is 4.74 Å². The van der Waals surface area contributed by atoms with Crippen LogP contribution in [0.4, 0.5) is 4.39 Å². The summed E-state index contributed by atoms with van der Waals surface area (Å²) in [5.41, 5.74) is 1.96. The highest BCUT2D eigenvalue weighted by molar-refractivity contribution is 5.78. The van der Waals surface area contributed by atoms with Crippen molar-refractivity contribution >= 4 is 5.91 Å². The summed E-state index contributed by atoms with van der Waals surface area (Å²) < 4.78 is 18.5. The second-order valence-electron chi connectivity index (χ2n) is 5.57. The van der Waals surface area contributed by atoms with Crippen LogP contribution in [0.3, 0.4) is 0 Å². The predicted molar refractivity (Wildman–Crippen MR) is 94.8 cm³/mol. The zero-order valence-electron chi connectivity index (χ0n) is 13.6. The molecule has 0 aromatic heterocycles. The van der Waals surface area contributed by atoms with Gasteiger partial charge in [0.1, 0.15) is 11.6 Å². The summed E-state index contributed by atoms with van der Waals surface area (Å²) in [6.45, 7) is -0.181. The van der Waals surface area contributed by atoms with E-state index in [2.05, 4.69) is 5.32 Å². The highest BCUT2D eigenvalue weighted by Crippen LogP contribution is 2.21. The van der Waals surface area contributed by atoms with Gasteiger partial charge < -0.3 is 10.1 Å². The number of halogens is 1. The number of hydrogen-bond donors (Lipinski definition) is 1. The van der Waals surface area contributed by atoms with Crippen LogP contribution in [0.15, 0.2) is 84.9 Å². The summed E-state index contributed by atoms with van der Waals surface area (Å²) in [5, 5.41) is 2.98. The minimum atomic E-state index is -0.399. The van der Waals surface area contributed by atoms with Crippen molar-refractivity contribution in [3.8, 4) is 5.75 Å². The third-order valence-corrected chi connectivity index (χ3v) is 3.74. The number of carbonyl (C=O) groups excluding carboxylic acids is 1. The molecule has 4 heteroatoms. The van der Waals surface area contributed by atoms with Crippen LogP contribution in [-0.4, -0.2) is 12.5 Å². The third-order valence-electron chi connectivity index (χ3n) is 3.74. The molecule has 1 amide bonds. The third kappa shape index (κ3) is 4.67. The van der Waals surface area contributed by atoms with E-state index in [1.807, 2.05) is 60.7 Å². The van der Waals surface area contributed by atoms with Crippen molar-refractivity contribution < 1.29 is 13.9 Å². The van der Waals surface area contributed by atoms with Crippen molar-refractivity contribution in [1.82, 2.24) is 5.32 Å². The maximum atomic E-state index is 13.2. The molecule has 0 saturated carbocycles. The Kier molecular flexibility index (Phi) is 5.42. The topological polar surface area (TPSA) is 38.3 Å². The molecule has 0 aliphatic rings. The Bertz CT molecular complexity index is 782. The van der Waals surface area contributed by atoms with Crippen molar-refractivity contribution in [1.29, 1.82) is 0 Å². The molecule has 0 unspecified atom stereocenters. The number of nitrogens with one attached hydrogen (secondary N) is 1. The summed E-state index contributed by atoms with van der Waals surface area (Å²) in [4.78, 5) is 12.3. The molecule has 0 heterocycles. The minimum absolute atomic E-state index is 0.181. The van der Waals surface area contributed by atoms with Crippen LogP contribution < -0.4 is 10.1 Å². The first-order valence-corrected chi connectivity index (χ1v) is 8.00. The number of ether oxygens (including phenoxy) is 1. The fourth-order valence-corrected chi connectivity index (χ4v) is 2.56. The fourth-order valence-electron chi connectivity index (χ4n) is 2.56.